The van der Waals surface area contributed by atoms with Crippen molar-refractivity contribution in [3.63, 3.8) is 0 Å². The molecule has 0 saturated carbocycles. The highest BCUT2D eigenvalue weighted by molar-refractivity contribution is 5.97. The third-order valence-corrected chi connectivity index (χ3v) is 5.03. The highest BCUT2D eigenvalue weighted by Crippen LogP contribution is 2.28. The fourth-order valence-corrected chi connectivity index (χ4v) is 3.21. The maximum atomic E-state index is 12.3. The number of nitro groups is 1. The Morgan fingerprint density at radius 1 is 1.18 bits per heavy atom. The number of aryl methyl sites for hydroxylation is 1. The Labute approximate surface area is 193 Å². The third kappa shape index (κ3) is 5.85. The van der Waals surface area contributed by atoms with E-state index in [9.17, 15) is 29.3 Å². The minimum Gasteiger partial charge on any atom is -0.497 e. The fourth-order valence-electron chi connectivity index (χ4n) is 3.21. The number of carbonyl (C=O) groups is 4. The molecular formula is C22H22N4O8. The van der Waals surface area contributed by atoms with Gasteiger partial charge in [0.25, 0.3) is 17.5 Å². The van der Waals surface area contributed by atoms with Crippen molar-refractivity contribution in [2.75, 3.05) is 25.6 Å². The van der Waals surface area contributed by atoms with Crippen molar-refractivity contribution in [1.29, 1.82) is 0 Å². The van der Waals surface area contributed by atoms with E-state index in [1.807, 2.05) is 6.92 Å². The van der Waals surface area contributed by atoms with Gasteiger partial charge in [0, 0.05) is 24.1 Å². The van der Waals surface area contributed by atoms with E-state index in [-0.39, 0.29) is 30.1 Å². The summed E-state index contributed by atoms with van der Waals surface area (Å²) in [4.78, 5) is 59.5. The number of benzene rings is 2. The number of amides is 3. The molecular weight excluding hydrogens is 448 g/mol. The van der Waals surface area contributed by atoms with Gasteiger partial charge in [0.05, 0.1) is 24.5 Å². The van der Waals surface area contributed by atoms with Crippen molar-refractivity contribution in [2.24, 2.45) is 5.92 Å². The van der Waals surface area contributed by atoms with E-state index in [1.54, 1.807) is 24.3 Å². The van der Waals surface area contributed by atoms with Crippen LogP contribution in [0.25, 0.3) is 0 Å². The van der Waals surface area contributed by atoms with E-state index in [2.05, 4.69) is 10.7 Å². The lowest BCUT2D eigenvalue weighted by atomic mass is 10.1. The van der Waals surface area contributed by atoms with Gasteiger partial charge in [-0.1, -0.05) is 17.7 Å². The number of carbonyl (C=O) groups excluding carboxylic acids is 4. The monoisotopic (exact) mass is 470 g/mol. The number of hydrogen-bond acceptors (Lipinski definition) is 8. The Kier molecular flexibility index (Phi) is 7.41. The molecule has 0 aromatic heterocycles. The van der Waals surface area contributed by atoms with Crippen molar-refractivity contribution in [3.8, 4) is 5.75 Å². The quantitative estimate of drug-likeness (QED) is 0.334. The van der Waals surface area contributed by atoms with Gasteiger partial charge in [-0.2, -0.15) is 0 Å². The first-order valence-corrected chi connectivity index (χ1v) is 10.1. The largest absolute Gasteiger partial charge is 0.497 e. The average Bonchev–Trinajstić information content (AvgIpc) is 3.17. The van der Waals surface area contributed by atoms with Gasteiger partial charge in [-0.25, -0.2) is 0 Å². The molecule has 1 aliphatic rings. The summed E-state index contributed by atoms with van der Waals surface area (Å²) in [6, 6.07) is 10.5. The summed E-state index contributed by atoms with van der Waals surface area (Å²) in [5.74, 6) is -3.19. The fraction of sp³-hybridized carbons (Fsp3) is 0.273. The zero-order valence-electron chi connectivity index (χ0n) is 18.4. The van der Waals surface area contributed by atoms with Gasteiger partial charge in [0.1, 0.15) is 11.4 Å². The predicted octanol–water partition coefficient (Wildman–Crippen LogP) is 1.59. The highest BCUT2D eigenvalue weighted by Gasteiger charge is 2.36. The zero-order chi connectivity index (χ0) is 24.8. The lowest BCUT2D eigenvalue weighted by Crippen LogP contribution is -2.43. The van der Waals surface area contributed by atoms with Crippen LogP contribution in [0.1, 0.15) is 22.3 Å². The van der Waals surface area contributed by atoms with Crippen molar-refractivity contribution < 1.29 is 33.6 Å². The Morgan fingerprint density at radius 2 is 1.88 bits per heavy atom. The first kappa shape index (κ1) is 24.2. The topological polar surface area (TPSA) is 157 Å². The molecule has 1 heterocycles. The number of anilines is 1. The highest BCUT2D eigenvalue weighted by atomic mass is 16.6. The van der Waals surface area contributed by atoms with E-state index < -0.39 is 41.1 Å². The summed E-state index contributed by atoms with van der Waals surface area (Å²) in [6.07, 6.45) is -0.198. The number of ether oxygens (including phenoxy) is 2. The van der Waals surface area contributed by atoms with Crippen LogP contribution in [0.4, 0.5) is 11.4 Å². The molecule has 1 atom stereocenters. The zero-order valence-corrected chi connectivity index (χ0v) is 18.4. The van der Waals surface area contributed by atoms with Gasteiger partial charge >= 0.3 is 5.97 Å². The minimum absolute atomic E-state index is 0.113. The molecule has 0 spiro atoms. The van der Waals surface area contributed by atoms with Crippen LogP contribution in [-0.2, 0) is 19.1 Å². The maximum Gasteiger partial charge on any atom is 0.311 e. The summed E-state index contributed by atoms with van der Waals surface area (Å²) in [5, 5.41) is 14.5. The summed E-state index contributed by atoms with van der Waals surface area (Å²) in [5.41, 5.74) is 3.31. The number of nitrogens with one attached hydrogen (secondary N) is 2. The van der Waals surface area contributed by atoms with Crippen molar-refractivity contribution in [1.82, 2.24) is 10.4 Å². The molecule has 1 fully saturated rings. The minimum atomic E-state index is -0.884. The number of hydrazine groups is 1. The SMILES string of the molecule is COc1ccc([N+](=O)[O-])c(NC(=O)COC(=O)[C@H]2CC(=O)N(NC(=O)c3ccc(C)cc3)C2)c1. The number of methoxy groups -OCH3 is 1. The Morgan fingerprint density at radius 3 is 2.53 bits per heavy atom. The van der Waals surface area contributed by atoms with Crippen LogP contribution in [0.3, 0.4) is 0 Å². The Hall–Kier alpha value is -4.48. The molecule has 0 unspecified atom stereocenters. The van der Waals surface area contributed by atoms with Gasteiger partial charge in [0.2, 0.25) is 5.91 Å². The van der Waals surface area contributed by atoms with Crippen molar-refractivity contribution >= 4 is 35.1 Å². The van der Waals surface area contributed by atoms with Gasteiger partial charge in [0.15, 0.2) is 6.61 Å². The summed E-state index contributed by atoms with van der Waals surface area (Å²) < 4.78 is 9.96. The molecule has 2 N–H and O–H groups in total. The van der Waals surface area contributed by atoms with Gasteiger partial charge in [-0.05, 0) is 25.1 Å². The summed E-state index contributed by atoms with van der Waals surface area (Å²) in [7, 11) is 1.37. The van der Waals surface area contributed by atoms with Crippen LogP contribution >= 0.6 is 0 Å². The lowest BCUT2D eigenvalue weighted by molar-refractivity contribution is -0.383. The second kappa shape index (κ2) is 10.4. The maximum absolute atomic E-state index is 12.3. The molecule has 12 nitrogen and oxygen atoms in total. The molecule has 0 bridgehead atoms. The van der Waals surface area contributed by atoms with Crippen LogP contribution in [0.5, 0.6) is 5.75 Å². The van der Waals surface area contributed by atoms with E-state index in [0.29, 0.717) is 5.56 Å². The van der Waals surface area contributed by atoms with Crippen LogP contribution < -0.4 is 15.5 Å². The average molecular weight is 470 g/mol. The first-order valence-electron chi connectivity index (χ1n) is 10.1. The van der Waals surface area contributed by atoms with Crippen LogP contribution in [-0.4, -0.2) is 53.9 Å². The second-order valence-electron chi connectivity index (χ2n) is 7.51. The van der Waals surface area contributed by atoms with E-state index in [0.717, 1.165) is 10.6 Å². The van der Waals surface area contributed by atoms with E-state index in [1.165, 1.54) is 25.3 Å². The number of nitrogens with zero attached hydrogens (tertiary/aromatic N) is 2. The third-order valence-electron chi connectivity index (χ3n) is 5.03. The second-order valence-corrected chi connectivity index (χ2v) is 7.51. The smallest absolute Gasteiger partial charge is 0.311 e. The molecule has 12 heteroatoms. The van der Waals surface area contributed by atoms with Crippen LogP contribution in [0, 0.1) is 23.0 Å². The molecule has 2 aromatic carbocycles. The molecule has 1 saturated heterocycles. The van der Waals surface area contributed by atoms with Crippen molar-refractivity contribution in [2.45, 2.75) is 13.3 Å². The molecule has 0 radical (unpaired) electrons. The van der Waals surface area contributed by atoms with Crippen LogP contribution in [0.15, 0.2) is 42.5 Å². The number of hydrogen-bond donors (Lipinski definition) is 2. The Balaban J connectivity index is 1.53. The molecule has 34 heavy (non-hydrogen) atoms. The van der Waals surface area contributed by atoms with E-state index in [4.69, 9.17) is 9.47 Å². The number of esters is 1. The molecule has 0 aliphatic carbocycles. The molecule has 178 valence electrons. The summed E-state index contributed by atoms with van der Waals surface area (Å²) in [6.45, 7) is 1.05. The van der Waals surface area contributed by atoms with Crippen LogP contribution in [0.2, 0.25) is 0 Å². The lowest BCUT2D eigenvalue weighted by Gasteiger charge is -2.17. The van der Waals surface area contributed by atoms with Gasteiger partial charge in [-0.3, -0.25) is 39.7 Å². The van der Waals surface area contributed by atoms with Crippen molar-refractivity contribution in [3.05, 3.63) is 63.7 Å². The normalized spacial score (nSPS) is 14.9. The molecule has 3 amide bonds. The first-order chi connectivity index (χ1) is 16.2. The predicted molar refractivity (Wildman–Crippen MR) is 118 cm³/mol. The number of rotatable bonds is 8. The Bertz CT molecular complexity index is 1130. The molecule has 1 aliphatic heterocycles. The molecule has 2 aromatic rings. The summed E-state index contributed by atoms with van der Waals surface area (Å²) >= 11 is 0. The molecule has 3 rings (SSSR count). The number of nitro benzene ring substituents is 1. The van der Waals surface area contributed by atoms with Gasteiger partial charge in [-0.15, -0.1) is 0 Å². The van der Waals surface area contributed by atoms with Gasteiger partial charge < -0.3 is 14.8 Å². The standard InChI is InChI=1S/C22H22N4O8/c1-13-3-5-14(6-4-13)21(29)24-25-11-15(9-20(25)28)22(30)34-12-19(27)23-17-10-16(33-2)7-8-18(17)26(31)32/h3-8,10,15H,9,11-12H2,1-2H3,(H,23,27)(H,24,29)/t15-/m0/s1. The van der Waals surface area contributed by atoms with E-state index >= 15 is 0 Å².